The predicted octanol–water partition coefficient (Wildman–Crippen LogP) is 5.45. The maximum Gasteiger partial charge on any atom is 0.265 e. The third-order valence-corrected chi connectivity index (χ3v) is 7.52. The highest BCUT2D eigenvalue weighted by Gasteiger charge is 2.40. The molecule has 4 heterocycles. The Morgan fingerprint density at radius 3 is 2.80 bits per heavy atom. The first-order chi connectivity index (χ1) is 16.9. The zero-order chi connectivity index (χ0) is 24.4. The van der Waals surface area contributed by atoms with Crippen molar-refractivity contribution in [1.82, 2.24) is 14.7 Å². The molecule has 1 unspecified atom stereocenters. The number of amides is 1. The van der Waals surface area contributed by atoms with Gasteiger partial charge in [0.1, 0.15) is 16.7 Å². The maximum absolute atomic E-state index is 15.3. The number of hydrogen-bond acceptors (Lipinski definition) is 6. The minimum absolute atomic E-state index is 0.233. The topological polar surface area (TPSA) is 70.1 Å². The van der Waals surface area contributed by atoms with Crippen LogP contribution in [0.4, 0.5) is 16.0 Å². The normalized spacial score (nSPS) is 19.7. The van der Waals surface area contributed by atoms with E-state index < -0.39 is 5.95 Å². The van der Waals surface area contributed by atoms with Gasteiger partial charge in [0.15, 0.2) is 0 Å². The number of anilines is 2. The molecular weight excluding hydrogens is 461 g/mol. The van der Waals surface area contributed by atoms with Crippen LogP contribution in [0.2, 0.25) is 0 Å². The molecule has 0 spiro atoms. The summed E-state index contributed by atoms with van der Waals surface area (Å²) in [6.45, 7) is 5.88. The minimum atomic E-state index is -0.524. The summed E-state index contributed by atoms with van der Waals surface area (Å²) in [5.74, 6) is 0.821. The Labute approximate surface area is 209 Å². The van der Waals surface area contributed by atoms with Crippen LogP contribution in [-0.2, 0) is 6.42 Å². The zero-order valence-corrected chi connectivity index (χ0v) is 20.9. The van der Waals surface area contributed by atoms with Crippen LogP contribution in [0.15, 0.2) is 59.6 Å². The van der Waals surface area contributed by atoms with E-state index in [0.29, 0.717) is 34.3 Å². The molecule has 2 aliphatic rings. The zero-order valence-electron chi connectivity index (χ0n) is 20.1. The molecule has 0 aliphatic carbocycles. The number of rotatable bonds is 2. The molecule has 2 aliphatic heterocycles. The molecule has 0 radical (unpaired) electrons. The van der Waals surface area contributed by atoms with Gasteiger partial charge in [-0.1, -0.05) is 36.4 Å². The van der Waals surface area contributed by atoms with Gasteiger partial charge in [0.2, 0.25) is 5.95 Å². The Morgan fingerprint density at radius 2 is 1.97 bits per heavy atom. The fourth-order valence-corrected chi connectivity index (χ4v) is 5.72. The van der Waals surface area contributed by atoms with E-state index in [1.807, 2.05) is 48.5 Å². The van der Waals surface area contributed by atoms with E-state index in [9.17, 15) is 4.79 Å². The van der Waals surface area contributed by atoms with Gasteiger partial charge in [-0.15, -0.1) is 0 Å². The SMILES string of the molecule is CC1(C)CC2CCCNc3cccc(n3)SNC(=O)c3cc(Cc4ccccc4)c(F)nc3N1C2. The number of pyridine rings is 2. The lowest BCUT2D eigenvalue weighted by molar-refractivity contribution is 0.0984. The summed E-state index contributed by atoms with van der Waals surface area (Å²) in [5, 5.41) is 4.07. The molecule has 1 fully saturated rings. The lowest BCUT2D eigenvalue weighted by Crippen LogP contribution is -2.40. The smallest absolute Gasteiger partial charge is 0.265 e. The van der Waals surface area contributed by atoms with E-state index >= 15 is 4.39 Å². The molecule has 1 saturated heterocycles. The van der Waals surface area contributed by atoms with Gasteiger partial charge >= 0.3 is 0 Å². The largest absolute Gasteiger partial charge is 0.370 e. The molecular formula is C27H30FN5OS. The van der Waals surface area contributed by atoms with Gasteiger partial charge in [-0.05, 0) is 62.8 Å². The second-order valence-electron chi connectivity index (χ2n) is 9.93. The highest BCUT2D eigenvalue weighted by molar-refractivity contribution is 7.97. The Balaban J connectivity index is 1.55. The van der Waals surface area contributed by atoms with Crippen molar-refractivity contribution < 1.29 is 9.18 Å². The van der Waals surface area contributed by atoms with Crippen molar-refractivity contribution in [2.24, 2.45) is 5.92 Å². The van der Waals surface area contributed by atoms with Crippen molar-refractivity contribution in [3.05, 3.63) is 77.2 Å². The van der Waals surface area contributed by atoms with Gasteiger partial charge in [0, 0.05) is 42.6 Å². The van der Waals surface area contributed by atoms with Crippen LogP contribution in [0.3, 0.4) is 0 Å². The molecule has 1 aromatic carbocycles. The van der Waals surface area contributed by atoms with Crippen molar-refractivity contribution in [2.45, 2.75) is 50.1 Å². The molecule has 8 heteroatoms. The quantitative estimate of drug-likeness (QED) is 0.367. The van der Waals surface area contributed by atoms with Crippen LogP contribution in [0, 0.1) is 11.9 Å². The van der Waals surface area contributed by atoms with Crippen LogP contribution in [0.25, 0.3) is 0 Å². The number of nitrogens with zero attached hydrogens (tertiary/aromatic N) is 3. The Bertz CT molecular complexity index is 1220. The average molecular weight is 492 g/mol. The van der Waals surface area contributed by atoms with Gasteiger partial charge in [0.25, 0.3) is 5.91 Å². The number of carbonyl (C=O) groups is 1. The molecule has 35 heavy (non-hydrogen) atoms. The number of halogens is 1. The molecule has 4 bridgehead atoms. The molecule has 2 aromatic heterocycles. The molecule has 182 valence electrons. The molecule has 1 amide bonds. The van der Waals surface area contributed by atoms with Gasteiger partial charge in [-0.3, -0.25) is 9.52 Å². The summed E-state index contributed by atoms with van der Waals surface area (Å²) in [4.78, 5) is 24.6. The number of carbonyl (C=O) groups excluding carboxylic acids is 1. The van der Waals surface area contributed by atoms with E-state index in [4.69, 9.17) is 0 Å². The average Bonchev–Trinajstić information content (AvgIpc) is 3.15. The third kappa shape index (κ3) is 5.27. The Hall–Kier alpha value is -3.13. The number of benzene rings is 1. The molecule has 6 nitrogen and oxygen atoms in total. The van der Waals surface area contributed by atoms with E-state index in [1.165, 1.54) is 0 Å². The van der Waals surface area contributed by atoms with E-state index in [0.717, 1.165) is 55.7 Å². The summed E-state index contributed by atoms with van der Waals surface area (Å²) in [6, 6.07) is 17.1. The Morgan fingerprint density at radius 1 is 1.14 bits per heavy atom. The number of fused-ring (bicyclic) bond motifs is 6. The summed E-state index contributed by atoms with van der Waals surface area (Å²) in [6.07, 6.45) is 3.38. The van der Waals surface area contributed by atoms with Crippen LogP contribution < -0.4 is 14.9 Å². The summed E-state index contributed by atoms with van der Waals surface area (Å²) in [7, 11) is 0. The van der Waals surface area contributed by atoms with Gasteiger partial charge in [0.05, 0.1) is 5.56 Å². The van der Waals surface area contributed by atoms with Crippen molar-refractivity contribution in [3.63, 3.8) is 0 Å². The highest BCUT2D eigenvalue weighted by Crippen LogP contribution is 2.40. The standard InChI is InChI=1S/C27H30FN5OS/c1-27(2)16-19-10-7-13-29-22-11-6-12-23(30-22)35-32-26(34)21-15-20(14-18-8-4-3-5-9-18)24(28)31-25(21)33(27)17-19/h3-6,8-9,11-12,15,19H,7,10,13-14,16-17H2,1-2H3,(H,29,30)(H,32,34). The van der Waals surface area contributed by atoms with E-state index in [-0.39, 0.29) is 11.4 Å². The number of aromatic nitrogens is 2. The Kier molecular flexibility index (Phi) is 6.65. The van der Waals surface area contributed by atoms with Crippen LogP contribution in [-0.4, -0.2) is 34.5 Å². The first kappa shape index (κ1) is 23.6. The second-order valence-corrected chi connectivity index (χ2v) is 10.8. The van der Waals surface area contributed by atoms with Crippen molar-refractivity contribution in [3.8, 4) is 0 Å². The first-order valence-electron chi connectivity index (χ1n) is 12.1. The predicted molar refractivity (Wildman–Crippen MR) is 138 cm³/mol. The third-order valence-electron chi connectivity index (χ3n) is 6.79. The van der Waals surface area contributed by atoms with Crippen LogP contribution in [0.5, 0.6) is 0 Å². The number of nitrogens with one attached hydrogen (secondary N) is 2. The van der Waals surface area contributed by atoms with E-state index in [2.05, 4.69) is 38.8 Å². The van der Waals surface area contributed by atoms with Crippen LogP contribution in [0.1, 0.15) is 54.6 Å². The summed E-state index contributed by atoms with van der Waals surface area (Å²) in [5.41, 5.74) is 1.53. The fraction of sp³-hybridized carbons (Fsp3) is 0.370. The van der Waals surface area contributed by atoms with Gasteiger partial charge in [-0.25, -0.2) is 9.97 Å². The van der Waals surface area contributed by atoms with E-state index in [1.54, 1.807) is 6.07 Å². The highest BCUT2D eigenvalue weighted by atomic mass is 32.2. The van der Waals surface area contributed by atoms with Gasteiger partial charge in [-0.2, -0.15) is 4.39 Å². The summed E-state index contributed by atoms with van der Waals surface area (Å²) >= 11 is 1.16. The number of hydrogen-bond donors (Lipinski definition) is 2. The monoisotopic (exact) mass is 491 g/mol. The minimum Gasteiger partial charge on any atom is -0.370 e. The molecule has 0 saturated carbocycles. The van der Waals surface area contributed by atoms with Crippen molar-refractivity contribution in [1.29, 1.82) is 0 Å². The van der Waals surface area contributed by atoms with Gasteiger partial charge < -0.3 is 10.2 Å². The molecule has 3 aromatic rings. The second kappa shape index (κ2) is 9.85. The first-order valence-corrected chi connectivity index (χ1v) is 12.9. The lowest BCUT2D eigenvalue weighted by Gasteiger charge is -2.34. The maximum atomic E-state index is 15.3. The molecule has 5 rings (SSSR count). The van der Waals surface area contributed by atoms with Crippen molar-refractivity contribution >= 4 is 29.5 Å². The molecule has 2 N–H and O–H groups in total. The fourth-order valence-electron chi connectivity index (χ4n) is 5.12. The van der Waals surface area contributed by atoms with Crippen LogP contribution >= 0.6 is 11.9 Å². The molecule has 1 atom stereocenters. The lowest BCUT2D eigenvalue weighted by atomic mass is 9.93. The van der Waals surface area contributed by atoms with Crippen molar-refractivity contribution in [2.75, 3.05) is 23.3 Å². The summed E-state index contributed by atoms with van der Waals surface area (Å²) < 4.78 is 18.3.